The van der Waals surface area contributed by atoms with Crippen molar-refractivity contribution in [2.24, 2.45) is 0 Å². The summed E-state index contributed by atoms with van der Waals surface area (Å²) in [6.45, 7) is 0. The van der Waals surface area contributed by atoms with Crippen LogP contribution < -0.4 is 10.5 Å². The van der Waals surface area contributed by atoms with Crippen LogP contribution in [0.1, 0.15) is 0 Å². The first-order chi connectivity index (χ1) is 8.11. The number of nitrogens with two attached hydrogens (primary N) is 1. The summed E-state index contributed by atoms with van der Waals surface area (Å²) in [4.78, 5) is 4.09. The van der Waals surface area contributed by atoms with Gasteiger partial charge in [-0.1, -0.05) is 23.2 Å². The fraction of sp³-hybridized carbons (Fsp3) is 0.0833. The number of anilines is 1. The molecule has 0 aliphatic rings. The number of nitrogens with zero attached hydrogens (tertiary/aromatic N) is 1. The number of rotatable bonds is 2. The smallest absolute Gasteiger partial charge is 0.236 e. The van der Waals surface area contributed by atoms with Crippen molar-refractivity contribution in [1.29, 1.82) is 0 Å². The molecule has 2 N–H and O–H groups in total. The average Bonchev–Trinajstić information content (AvgIpc) is 2.32. The third kappa shape index (κ3) is 2.46. The molecule has 0 amide bonds. The van der Waals surface area contributed by atoms with Crippen molar-refractivity contribution in [3.05, 3.63) is 40.5 Å². The normalized spacial score (nSPS) is 10.3. The maximum atomic E-state index is 6.10. The molecule has 88 valence electrons. The fourth-order valence-electron chi connectivity index (χ4n) is 1.51. The van der Waals surface area contributed by atoms with Crippen molar-refractivity contribution >= 4 is 28.9 Å². The molecule has 2 rings (SSSR count). The number of benzene rings is 1. The Morgan fingerprint density at radius 2 is 2.00 bits per heavy atom. The third-order valence-corrected chi connectivity index (χ3v) is 2.88. The molecule has 0 unspecified atom stereocenters. The highest BCUT2D eigenvalue weighted by molar-refractivity contribution is 6.35. The van der Waals surface area contributed by atoms with E-state index in [-0.39, 0.29) is 0 Å². The molecular formula is C12H10Cl2N2O. The first kappa shape index (κ1) is 12.0. The Morgan fingerprint density at radius 3 is 2.65 bits per heavy atom. The lowest BCUT2D eigenvalue weighted by molar-refractivity contribution is 0.400. The Kier molecular flexibility index (Phi) is 3.41. The van der Waals surface area contributed by atoms with Crippen LogP contribution in [0, 0.1) is 0 Å². The van der Waals surface area contributed by atoms with Crippen LogP contribution in [0.4, 0.5) is 5.69 Å². The summed E-state index contributed by atoms with van der Waals surface area (Å²) in [6.07, 6.45) is 1.65. The van der Waals surface area contributed by atoms with E-state index in [1.807, 2.05) is 0 Å². The van der Waals surface area contributed by atoms with Crippen LogP contribution in [0.15, 0.2) is 30.5 Å². The molecule has 17 heavy (non-hydrogen) atoms. The SMILES string of the molecule is COc1ncc(-c2cc(Cl)ccc2Cl)cc1N. The molecule has 1 aromatic carbocycles. The summed E-state index contributed by atoms with van der Waals surface area (Å²) in [6, 6.07) is 6.99. The predicted octanol–water partition coefficient (Wildman–Crippen LogP) is 3.65. The van der Waals surface area contributed by atoms with E-state index in [0.29, 0.717) is 21.6 Å². The van der Waals surface area contributed by atoms with E-state index in [4.69, 9.17) is 33.7 Å². The molecule has 1 aromatic heterocycles. The maximum Gasteiger partial charge on any atom is 0.236 e. The number of nitrogen functional groups attached to an aromatic ring is 1. The molecule has 1 heterocycles. The number of pyridine rings is 1. The minimum absolute atomic E-state index is 0.395. The highest BCUT2D eigenvalue weighted by atomic mass is 35.5. The van der Waals surface area contributed by atoms with Gasteiger partial charge in [0.25, 0.3) is 0 Å². The Bertz CT molecular complexity index is 558. The van der Waals surface area contributed by atoms with E-state index in [9.17, 15) is 0 Å². The molecule has 5 heteroatoms. The van der Waals surface area contributed by atoms with E-state index >= 15 is 0 Å². The Balaban J connectivity index is 2.53. The van der Waals surface area contributed by atoms with Crippen molar-refractivity contribution in [3.63, 3.8) is 0 Å². The van der Waals surface area contributed by atoms with Gasteiger partial charge in [0.1, 0.15) is 0 Å². The van der Waals surface area contributed by atoms with Crippen LogP contribution in [0.5, 0.6) is 5.88 Å². The largest absolute Gasteiger partial charge is 0.480 e. The van der Waals surface area contributed by atoms with Gasteiger partial charge in [-0.3, -0.25) is 0 Å². The summed E-state index contributed by atoms with van der Waals surface area (Å²) in [7, 11) is 1.52. The predicted molar refractivity (Wildman–Crippen MR) is 70.7 cm³/mol. The second-order valence-corrected chi connectivity index (χ2v) is 4.29. The quantitative estimate of drug-likeness (QED) is 0.905. The Labute approximate surface area is 109 Å². The van der Waals surface area contributed by atoms with Crippen molar-refractivity contribution in [2.75, 3.05) is 12.8 Å². The molecule has 0 fully saturated rings. The topological polar surface area (TPSA) is 48.1 Å². The number of ether oxygens (including phenoxy) is 1. The summed E-state index contributed by atoms with van der Waals surface area (Å²) in [5, 5.41) is 1.21. The number of hydrogen-bond donors (Lipinski definition) is 1. The molecule has 2 aromatic rings. The molecular weight excluding hydrogens is 259 g/mol. The van der Waals surface area contributed by atoms with E-state index in [1.54, 1.807) is 30.5 Å². The second-order valence-electron chi connectivity index (χ2n) is 3.45. The standard InChI is InChI=1S/C12H10Cl2N2O/c1-17-12-11(15)4-7(6-16-12)9-5-8(13)2-3-10(9)14/h2-6H,15H2,1H3. The second kappa shape index (κ2) is 4.82. The van der Waals surface area contributed by atoms with Crippen molar-refractivity contribution in [3.8, 4) is 17.0 Å². The Hall–Kier alpha value is -1.45. The minimum atomic E-state index is 0.395. The lowest BCUT2D eigenvalue weighted by Gasteiger charge is -2.08. The highest BCUT2D eigenvalue weighted by Gasteiger charge is 2.08. The molecule has 0 saturated heterocycles. The average molecular weight is 269 g/mol. The van der Waals surface area contributed by atoms with Gasteiger partial charge in [-0.05, 0) is 24.3 Å². The van der Waals surface area contributed by atoms with Crippen LogP contribution in [0.3, 0.4) is 0 Å². The zero-order chi connectivity index (χ0) is 12.4. The van der Waals surface area contributed by atoms with Gasteiger partial charge < -0.3 is 10.5 Å². The Morgan fingerprint density at radius 1 is 1.24 bits per heavy atom. The molecule has 3 nitrogen and oxygen atoms in total. The lowest BCUT2D eigenvalue weighted by atomic mass is 10.1. The van der Waals surface area contributed by atoms with Crippen LogP contribution in [0.2, 0.25) is 10.0 Å². The number of aromatic nitrogens is 1. The summed E-state index contributed by atoms with van der Waals surface area (Å²) in [5.74, 6) is 0.395. The van der Waals surface area contributed by atoms with Crippen LogP contribution >= 0.6 is 23.2 Å². The monoisotopic (exact) mass is 268 g/mol. The van der Waals surface area contributed by atoms with Crippen molar-refractivity contribution < 1.29 is 4.74 Å². The zero-order valence-corrected chi connectivity index (χ0v) is 10.6. The molecule has 0 saturated carbocycles. The summed E-state index contributed by atoms with van der Waals surface area (Å²) < 4.78 is 4.99. The van der Waals surface area contributed by atoms with Crippen LogP contribution in [-0.2, 0) is 0 Å². The molecule has 0 spiro atoms. The number of halogens is 2. The summed E-state index contributed by atoms with van der Waals surface area (Å²) >= 11 is 12.0. The van der Waals surface area contributed by atoms with Gasteiger partial charge in [0, 0.05) is 27.4 Å². The molecule has 0 aliphatic heterocycles. The minimum Gasteiger partial charge on any atom is -0.480 e. The van der Waals surface area contributed by atoms with Gasteiger partial charge in [-0.25, -0.2) is 4.98 Å². The van der Waals surface area contributed by atoms with E-state index in [0.717, 1.165) is 11.1 Å². The third-order valence-electron chi connectivity index (χ3n) is 2.31. The highest BCUT2D eigenvalue weighted by Crippen LogP contribution is 2.32. The number of hydrogen-bond acceptors (Lipinski definition) is 3. The fourth-order valence-corrected chi connectivity index (χ4v) is 1.90. The first-order valence-corrected chi connectivity index (χ1v) is 5.62. The first-order valence-electron chi connectivity index (χ1n) is 4.86. The molecule has 0 aliphatic carbocycles. The number of methoxy groups -OCH3 is 1. The van der Waals surface area contributed by atoms with E-state index < -0.39 is 0 Å². The molecule has 0 radical (unpaired) electrons. The maximum absolute atomic E-state index is 6.10. The van der Waals surface area contributed by atoms with Gasteiger partial charge in [0.05, 0.1) is 12.8 Å². The lowest BCUT2D eigenvalue weighted by Crippen LogP contribution is -1.95. The summed E-state index contributed by atoms with van der Waals surface area (Å²) in [5.41, 5.74) is 7.85. The van der Waals surface area contributed by atoms with Gasteiger partial charge in [-0.15, -0.1) is 0 Å². The zero-order valence-electron chi connectivity index (χ0n) is 9.08. The molecule has 0 atom stereocenters. The van der Waals surface area contributed by atoms with Gasteiger partial charge in [0.2, 0.25) is 5.88 Å². The molecule has 0 bridgehead atoms. The van der Waals surface area contributed by atoms with Crippen LogP contribution in [0.25, 0.3) is 11.1 Å². The van der Waals surface area contributed by atoms with Gasteiger partial charge in [0.15, 0.2) is 0 Å². The van der Waals surface area contributed by atoms with Gasteiger partial charge >= 0.3 is 0 Å². The van der Waals surface area contributed by atoms with Crippen molar-refractivity contribution in [1.82, 2.24) is 4.98 Å². The van der Waals surface area contributed by atoms with Crippen LogP contribution in [-0.4, -0.2) is 12.1 Å². The van der Waals surface area contributed by atoms with Gasteiger partial charge in [-0.2, -0.15) is 0 Å². The van der Waals surface area contributed by atoms with E-state index in [2.05, 4.69) is 4.98 Å². The van der Waals surface area contributed by atoms with E-state index in [1.165, 1.54) is 7.11 Å². The van der Waals surface area contributed by atoms with Crippen molar-refractivity contribution in [2.45, 2.75) is 0 Å².